The monoisotopic (exact) mass is 270 g/mol. The van der Waals surface area contributed by atoms with Crippen molar-refractivity contribution in [1.82, 2.24) is 10.4 Å². The Balaban J connectivity index is 2.25. The van der Waals surface area contributed by atoms with Crippen molar-refractivity contribution in [1.29, 1.82) is 0 Å². The number of unbranched alkanes of at least 4 members (excludes halogenated alkanes) is 2. The molecule has 1 rings (SSSR count). The highest BCUT2D eigenvalue weighted by atomic mass is 16.7. The number of nitrogens with zero attached hydrogens (tertiary/aromatic N) is 1. The van der Waals surface area contributed by atoms with Gasteiger partial charge in [0.2, 0.25) is 5.91 Å². The molecule has 0 aliphatic carbocycles. The molecule has 1 aliphatic rings. The van der Waals surface area contributed by atoms with E-state index in [1.807, 2.05) is 6.92 Å². The van der Waals surface area contributed by atoms with Crippen LogP contribution < -0.4 is 5.32 Å². The number of amides is 3. The zero-order chi connectivity index (χ0) is 14.3. The Morgan fingerprint density at radius 3 is 2.42 bits per heavy atom. The molecule has 0 aromatic rings. The molecular formula is C12H18N2O5. The summed E-state index contributed by atoms with van der Waals surface area (Å²) in [5, 5.41) is 3.00. The van der Waals surface area contributed by atoms with Crippen LogP contribution in [0.3, 0.4) is 0 Å². The highest BCUT2D eigenvalue weighted by molar-refractivity contribution is 6.02. The van der Waals surface area contributed by atoms with Gasteiger partial charge >= 0.3 is 5.97 Å². The number of hydrogen-bond donors (Lipinski definition) is 1. The molecule has 1 heterocycles. The number of carbonyl (C=O) groups is 4. The predicted octanol–water partition coefficient (Wildman–Crippen LogP) is 0.290. The van der Waals surface area contributed by atoms with E-state index in [1.165, 1.54) is 0 Å². The molecule has 1 saturated heterocycles. The van der Waals surface area contributed by atoms with E-state index < -0.39 is 30.1 Å². The second kappa shape index (κ2) is 7.50. The molecule has 0 spiro atoms. The van der Waals surface area contributed by atoms with E-state index in [1.54, 1.807) is 0 Å². The molecule has 0 aromatic carbocycles. The topological polar surface area (TPSA) is 92.8 Å². The fraction of sp³-hybridized carbons (Fsp3) is 0.667. The zero-order valence-electron chi connectivity index (χ0n) is 10.9. The maximum atomic E-state index is 11.4. The first-order valence-corrected chi connectivity index (χ1v) is 6.38. The number of hydrogen-bond acceptors (Lipinski definition) is 5. The minimum atomic E-state index is -0.906. The van der Waals surface area contributed by atoms with Crippen molar-refractivity contribution in [2.24, 2.45) is 0 Å². The summed E-state index contributed by atoms with van der Waals surface area (Å²) in [4.78, 5) is 49.6. The lowest BCUT2D eigenvalue weighted by molar-refractivity contribution is -0.197. The number of imide groups is 1. The molecule has 7 nitrogen and oxygen atoms in total. The van der Waals surface area contributed by atoms with Crippen LogP contribution in [0.4, 0.5) is 0 Å². The molecule has 7 heteroatoms. The van der Waals surface area contributed by atoms with Gasteiger partial charge < -0.3 is 10.2 Å². The molecule has 106 valence electrons. The first-order valence-electron chi connectivity index (χ1n) is 6.38. The molecule has 0 atom stereocenters. The van der Waals surface area contributed by atoms with Crippen LogP contribution in [0.5, 0.6) is 0 Å². The highest BCUT2D eigenvalue weighted by Crippen LogP contribution is 2.12. The van der Waals surface area contributed by atoms with Gasteiger partial charge in [-0.2, -0.15) is 0 Å². The van der Waals surface area contributed by atoms with Gasteiger partial charge in [-0.3, -0.25) is 14.4 Å². The van der Waals surface area contributed by atoms with Gasteiger partial charge in [0.15, 0.2) is 0 Å². The summed E-state index contributed by atoms with van der Waals surface area (Å²) in [6.07, 6.45) is 2.47. The summed E-state index contributed by atoms with van der Waals surface area (Å²) in [6.45, 7) is 2.55. The van der Waals surface area contributed by atoms with E-state index in [-0.39, 0.29) is 12.8 Å². The molecule has 1 fully saturated rings. The maximum absolute atomic E-state index is 11.4. The van der Waals surface area contributed by atoms with E-state index in [0.717, 1.165) is 19.3 Å². The largest absolute Gasteiger partial charge is 0.356 e. The first-order chi connectivity index (χ1) is 9.04. The number of rotatable bonds is 7. The Morgan fingerprint density at radius 2 is 1.84 bits per heavy atom. The van der Waals surface area contributed by atoms with Gasteiger partial charge in [0.05, 0.1) is 0 Å². The standard InChI is InChI=1S/C12H18N2O5/c1-2-3-4-7-13-9(15)8-12(18)19-14-10(16)5-6-11(14)17/h2-8H2,1H3,(H,13,15). The van der Waals surface area contributed by atoms with Gasteiger partial charge in [0.25, 0.3) is 11.8 Å². The van der Waals surface area contributed by atoms with E-state index in [2.05, 4.69) is 10.2 Å². The van der Waals surface area contributed by atoms with E-state index in [9.17, 15) is 19.2 Å². The van der Waals surface area contributed by atoms with Crippen LogP contribution >= 0.6 is 0 Å². The molecule has 0 bridgehead atoms. The SMILES string of the molecule is CCCCCNC(=O)CC(=O)ON1C(=O)CCC1=O. The minimum Gasteiger partial charge on any atom is -0.356 e. The first kappa shape index (κ1) is 15.1. The normalized spacial score (nSPS) is 14.7. The Bertz CT molecular complexity index is 364. The lowest BCUT2D eigenvalue weighted by Crippen LogP contribution is -2.34. The van der Waals surface area contributed by atoms with Crippen molar-refractivity contribution in [2.45, 2.75) is 45.4 Å². The molecular weight excluding hydrogens is 252 g/mol. The third kappa shape index (κ3) is 5.07. The van der Waals surface area contributed by atoms with E-state index in [4.69, 9.17) is 0 Å². The van der Waals surface area contributed by atoms with Crippen molar-refractivity contribution in [3.8, 4) is 0 Å². The van der Waals surface area contributed by atoms with Gasteiger partial charge in [-0.05, 0) is 6.42 Å². The van der Waals surface area contributed by atoms with Gasteiger partial charge in [0, 0.05) is 19.4 Å². The van der Waals surface area contributed by atoms with Crippen molar-refractivity contribution >= 4 is 23.7 Å². The summed E-state index contributed by atoms with van der Waals surface area (Å²) >= 11 is 0. The summed E-state index contributed by atoms with van der Waals surface area (Å²) < 4.78 is 0. The fourth-order valence-corrected chi connectivity index (χ4v) is 1.59. The van der Waals surface area contributed by atoms with Gasteiger partial charge in [0.1, 0.15) is 6.42 Å². The molecule has 3 amide bonds. The second-order valence-electron chi connectivity index (χ2n) is 4.28. The molecule has 19 heavy (non-hydrogen) atoms. The molecule has 0 saturated carbocycles. The maximum Gasteiger partial charge on any atom is 0.342 e. The van der Waals surface area contributed by atoms with Crippen LogP contribution in [0.1, 0.15) is 45.4 Å². The number of hydroxylamine groups is 2. The van der Waals surface area contributed by atoms with Gasteiger partial charge in [-0.25, -0.2) is 4.79 Å². The average Bonchev–Trinajstić information content (AvgIpc) is 2.66. The van der Waals surface area contributed by atoms with Crippen molar-refractivity contribution in [3.63, 3.8) is 0 Å². The van der Waals surface area contributed by atoms with E-state index in [0.29, 0.717) is 11.6 Å². The zero-order valence-corrected chi connectivity index (χ0v) is 10.9. The molecule has 0 aromatic heterocycles. The highest BCUT2D eigenvalue weighted by Gasteiger charge is 2.33. The van der Waals surface area contributed by atoms with E-state index >= 15 is 0 Å². The third-order valence-electron chi connectivity index (χ3n) is 2.61. The van der Waals surface area contributed by atoms with Gasteiger partial charge in [-0.1, -0.05) is 19.8 Å². The molecule has 0 radical (unpaired) electrons. The average molecular weight is 270 g/mol. The van der Waals surface area contributed by atoms with Crippen molar-refractivity contribution in [2.75, 3.05) is 6.54 Å². The second-order valence-corrected chi connectivity index (χ2v) is 4.28. The molecule has 1 N–H and O–H groups in total. The van der Waals surface area contributed by atoms with Gasteiger partial charge in [-0.15, -0.1) is 5.06 Å². The Morgan fingerprint density at radius 1 is 1.21 bits per heavy atom. The van der Waals surface area contributed by atoms with Crippen molar-refractivity contribution < 1.29 is 24.0 Å². The summed E-state index contributed by atoms with van der Waals surface area (Å²) in [5.74, 6) is -2.49. The summed E-state index contributed by atoms with van der Waals surface area (Å²) in [5.41, 5.74) is 0. The lowest BCUT2D eigenvalue weighted by atomic mass is 10.2. The Kier molecular flexibility index (Phi) is 5.98. The van der Waals surface area contributed by atoms with Crippen molar-refractivity contribution in [3.05, 3.63) is 0 Å². The molecule has 1 aliphatic heterocycles. The Hall–Kier alpha value is -1.92. The number of carbonyl (C=O) groups excluding carboxylic acids is 4. The fourth-order valence-electron chi connectivity index (χ4n) is 1.59. The molecule has 0 unspecified atom stereocenters. The van der Waals surface area contributed by atoms with Crippen LogP contribution in [-0.4, -0.2) is 35.3 Å². The van der Waals surface area contributed by atoms with Crippen LogP contribution in [0.2, 0.25) is 0 Å². The van der Waals surface area contributed by atoms with Crippen LogP contribution in [0, 0.1) is 0 Å². The Labute approximate surface area is 111 Å². The van der Waals surface area contributed by atoms with Crippen LogP contribution in [-0.2, 0) is 24.0 Å². The number of nitrogens with one attached hydrogen (secondary N) is 1. The smallest absolute Gasteiger partial charge is 0.342 e. The lowest BCUT2D eigenvalue weighted by Gasteiger charge is -2.12. The van der Waals surface area contributed by atoms with Crippen LogP contribution in [0.25, 0.3) is 0 Å². The summed E-state index contributed by atoms with van der Waals surface area (Å²) in [7, 11) is 0. The van der Waals surface area contributed by atoms with Crippen LogP contribution in [0.15, 0.2) is 0 Å². The predicted molar refractivity (Wildman–Crippen MR) is 64.3 cm³/mol. The quantitative estimate of drug-likeness (QED) is 0.408. The third-order valence-corrected chi connectivity index (χ3v) is 2.61. The minimum absolute atomic E-state index is 0.0370. The summed E-state index contributed by atoms with van der Waals surface area (Å²) in [6, 6.07) is 0.